The van der Waals surface area contributed by atoms with E-state index in [1.165, 1.54) is 7.11 Å². The van der Waals surface area contributed by atoms with Crippen molar-refractivity contribution in [2.24, 2.45) is 5.41 Å². The first kappa shape index (κ1) is 15.0. The Kier molecular flexibility index (Phi) is 6.12. The van der Waals surface area contributed by atoms with Crippen LogP contribution in [0.2, 0.25) is 0 Å². The minimum atomic E-state index is -0.290. The Morgan fingerprint density at radius 1 is 1.44 bits per heavy atom. The van der Waals surface area contributed by atoms with E-state index in [4.69, 9.17) is 0 Å². The van der Waals surface area contributed by atoms with Crippen LogP contribution in [0.4, 0.5) is 0 Å². The van der Waals surface area contributed by atoms with E-state index in [1.54, 1.807) is 0 Å². The van der Waals surface area contributed by atoms with Gasteiger partial charge in [-0.05, 0) is 25.8 Å². The van der Waals surface area contributed by atoms with Gasteiger partial charge in [-0.15, -0.1) is 0 Å². The number of hydrogen-bond acceptors (Lipinski definition) is 4. The standard InChI is InChI=1S/C13H24N2O3/c1-3-6-13(7-4-8-14-10-13)12(17)15-9-5-11(16)18-2/h14H,3-10H2,1-2H3,(H,15,17). The molecule has 0 spiro atoms. The van der Waals surface area contributed by atoms with Crippen molar-refractivity contribution in [2.75, 3.05) is 26.7 Å². The molecule has 0 aromatic heterocycles. The van der Waals surface area contributed by atoms with Crippen molar-refractivity contribution in [2.45, 2.75) is 39.0 Å². The molecule has 1 rings (SSSR count). The van der Waals surface area contributed by atoms with Crippen LogP contribution in [0.3, 0.4) is 0 Å². The molecule has 104 valence electrons. The van der Waals surface area contributed by atoms with Crippen LogP contribution in [0, 0.1) is 5.41 Å². The molecule has 1 fully saturated rings. The summed E-state index contributed by atoms with van der Waals surface area (Å²) in [5.74, 6) is -0.220. The molecular weight excluding hydrogens is 232 g/mol. The van der Waals surface area contributed by atoms with E-state index < -0.39 is 0 Å². The topological polar surface area (TPSA) is 67.4 Å². The summed E-state index contributed by atoms with van der Waals surface area (Å²) in [7, 11) is 1.35. The van der Waals surface area contributed by atoms with E-state index in [9.17, 15) is 9.59 Å². The fraction of sp³-hybridized carbons (Fsp3) is 0.846. The quantitative estimate of drug-likeness (QED) is 0.691. The van der Waals surface area contributed by atoms with Crippen LogP contribution in [0.15, 0.2) is 0 Å². The Labute approximate surface area is 109 Å². The highest BCUT2D eigenvalue weighted by molar-refractivity contribution is 5.83. The molecule has 1 amide bonds. The van der Waals surface area contributed by atoms with Crippen molar-refractivity contribution in [1.82, 2.24) is 10.6 Å². The van der Waals surface area contributed by atoms with Crippen molar-refractivity contribution in [3.63, 3.8) is 0 Å². The molecule has 0 aromatic rings. The lowest BCUT2D eigenvalue weighted by Crippen LogP contribution is -2.50. The second-order valence-electron chi connectivity index (χ2n) is 4.89. The van der Waals surface area contributed by atoms with Crippen LogP contribution < -0.4 is 10.6 Å². The lowest BCUT2D eigenvalue weighted by Gasteiger charge is -2.36. The summed E-state index contributed by atoms with van der Waals surface area (Å²) in [6.07, 6.45) is 4.08. The van der Waals surface area contributed by atoms with Gasteiger partial charge in [0.25, 0.3) is 0 Å². The van der Waals surface area contributed by atoms with Crippen LogP contribution in [0.1, 0.15) is 39.0 Å². The SMILES string of the molecule is CCCC1(C(=O)NCCC(=O)OC)CCCNC1. The molecule has 1 aliphatic rings. The predicted octanol–water partition coefficient (Wildman–Crippen LogP) is 0.836. The van der Waals surface area contributed by atoms with Gasteiger partial charge >= 0.3 is 5.97 Å². The Hall–Kier alpha value is -1.10. The van der Waals surface area contributed by atoms with Crippen LogP contribution in [-0.2, 0) is 14.3 Å². The molecule has 1 atom stereocenters. The monoisotopic (exact) mass is 256 g/mol. The summed E-state index contributed by atoms with van der Waals surface area (Å²) in [6.45, 7) is 4.18. The Bertz CT molecular complexity index is 280. The summed E-state index contributed by atoms with van der Waals surface area (Å²) < 4.78 is 4.55. The lowest BCUT2D eigenvalue weighted by atomic mass is 9.76. The molecule has 5 heteroatoms. The summed E-state index contributed by atoms with van der Waals surface area (Å²) >= 11 is 0. The Balaban J connectivity index is 2.46. The molecule has 0 saturated carbocycles. The van der Waals surface area contributed by atoms with Crippen molar-refractivity contribution in [3.8, 4) is 0 Å². The van der Waals surface area contributed by atoms with Gasteiger partial charge in [0, 0.05) is 13.1 Å². The first-order valence-electron chi connectivity index (χ1n) is 6.70. The molecule has 1 aliphatic heterocycles. The van der Waals surface area contributed by atoms with Gasteiger partial charge in [-0.25, -0.2) is 0 Å². The van der Waals surface area contributed by atoms with Gasteiger partial charge in [0.2, 0.25) is 5.91 Å². The maximum absolute atomic E-state index is 12.3. The highest BCUT2D eigenvalue weighted by atomic mass is 16.5. The summed E-state index contributed by atoms with van der Waals surface area (Å²) in [4.78, 5) is 23.3. The smallest absolute Gasteiger partial charge is 0.307 e. The average molecular weight is 256 g/mol. The van der Waals surface area contributed by atoms with E-state index in [0.29, 0.717) is 6.54 Å². The average Bonchev–Trinajstić information content (AvgIpc) is 2.39. The Morgan fingerprint density at radius 3 is 2.78 bits per heavy atom. The number of hydrogen-bond donors (Lipinski definition) is 2. The van der Waals surface area contributed by atoms with Gasteiger partial charge in [-0.1, -0.05) is 13.3 Å². The molecule has 1 heterocycles. The first-order valence-corrected chi connectivity index (χ1v) is 6.70. The second-order valence-corrected chi connectivity index (χ2v) is 4.89. The third-order valence-electron chi connectivity index (χ3n) is 3.52. The molecule has 0 aromatic carbocycles. The number of esters is 1. The third kappa shape index (κ3) is 3.98. The van der Waals surface area contributed by atoms with Gasteiger partial charge in [0.1, 0.15) is 0 Å². The van der Waals surface area contributed by atoms with Gasteiger partial charge in [-0.2, -0.15) is 0 Å². The number of carbonyl (C=O) groups is 2. The predicted molar refractivity (Wildman–Crippen MR) is 69.1 cm³/mol. The zero-order valence-corrected chi connectivity index (χ0v) is 11.4. The van der Waals surface area contributed by atoms with Crippen molar-refractivity contribution >= 4 is 11.9 Å². The largest absolute Gasteiger partial charge is 0.469 e. The number of methoxy groups -OCH3 is 1. The van der Waals surface area contributed by atoms with E-state index >= 15 is 0 Å². The highest BCUT2D eigenvalue weighted by Gasteiger charge is 2.38. The number of carbonyl (C=O) groups excluding carboxylic acids is 2. The molecule has 0 aliphatic carbocycles. The molecule has 18 heavy (non-hydrogen) atoms. The van der Waals surface area contributed by atoms with Crippen LogP contribution in [-0.4, -0.2) is 38.6 Å². The highest BCUT2D eigenvalue weighted by Crippen LogP contribution is 2.31. The van der Waals surface area contributed by atoms with Crippen molar-refractivity contribution in [3.05, 3.63) is 0 Å². The third-order valence-corrected chi connectivity index (χ3v) is 3.52. The van der Waals surface area contributed by atoms with Crippen LogP contribution in [0.5, 0.6) is 0 Å². The summed E-state index contributed by atoms with van der Waals surface area (Å²) in [5, 5.41) is 6.16. The maximum atomic E-state index is 12.3. The molecule has 0 bridgehead atoms. The molecule has 1 saturated heterocycles. The van der Waals surface area contributed by atoms with Gasteiger partial charge < -0.3 is 15.4 Å². The maximum Gasteiger partial charge on any atom is 0.307 e. The zero-order valence-electron chi connectivity index (χ0n) is 11.4. The number of amides is 1. The second kappa shape index (κ2) is 7.36. The van der Waals surface area contributed by atoms with E-state index in [0.717, 1.165) is 38.8 Å². The van der Waals surface area contributed by atoms with Crippen molar-refractivity contribution < 1.29 is 14.3 Å². The van der Waals surface area contributed by atoms with Gasteiger partial charge in [-0.3, -0.25) is 9.59 Å². The van der Waals surface area contributed by atoms with E-state index in [-0.39, 0.29) is 23.7 Å². The Morgan fingerprint density at radius 2 is 2.22 bits per heavy atom. The molecule has 1 unspecified atom stereocenters. The molecule has 0 radical (unpaired) electrons. The van der Waals surface area contributed by atoms with Gasteiger partial charge in [0.05, 0.1) is 18.9 Å². The van der Waals surface area contributed by atoms with E-state index in [1.807, 2.05) is 0 Å². The fourth-order valence-corrected chi connectivity index (χ4v) is 2.53. The summed E-state index contributed by atoms with van der Waals surface area (Å²) in [6, 6.07) is 0. The van der Waals surface area contributed by atoms with Crippen LogP contribution in [0.25, 0.3) is 0 Å². The molecule has 2 N–H and O–H groups in total. The van der Waals surface area contributed by atoms with Crippen molar-refractivity contribution in [1.29, 1.82) is 0 Å². The minimum Gasteiger partial charge on any atom is -0.469 e. The number of piperidine rings is 1. The number of ether oxygens (including phenoxy) is 1. The number of nitrogens with one attached hydrogen (secondary N) is 2. The normalized spacial score (nSPS) is 23.4. The van der Waals surface area contributed by atoms with Gasteiger partial charge in [0.15, 0.2) is 0 Å². The molecule has 5 nitrogen and oxygen atoms in total. The minimum absolute atomic E-state index is 0.0699. The first-order chi connectivity index (χ1) is 8.64. The van der Waals surface area contributed by atoms with Crippen LogP contribution >= 0.6 is 0 Å². The fourth-order valence-electron chi connectivity index (χ4n) is 2.53. The number of rotatable bonds is 6. The van der Waals surface area contributed by atoms with E-state index in [2.05, 4.69) is 22.3 Å². The summed E-state index contributed by atoms with van der Waals surface area (Å²) in [5.41, 5.74) is -0.289. The molecular formula is C13H24N2O3. The lowest BCUT2D eigenvalue weighted by molar-refractivity contribution is -0.140. The zero-order chi connectivity index (χ0) is 13.4.